The van der Waals surface area contributed by atoms with Gasteiger partial charge in [0.15, 0.2) is 0 Å². The van der Waals surface area contributed by atoms with Crippen LogP contribution >= 0.6 is 22.9 Å². The van der Waals surface area contributed by atoms with Crippen molar-refractivity contribution in [3.05, 3.63) is 50.7 Å². The number of fused-ring (bicyclic) bond motifs is 1. The van der Waals surface area contributed by atoms with Gasteiger partial charge in [-0.25, -0.2) is 0 Å². The molecule has 0 radical (unpaired) electrons. The highest BCUT2D eigenvalue weighted by Crippen LogP contribution is 2.38. The van der Waals surface area contributed by atoms with Crippen molar-refractivity contribution < 1.29 is 4.74 Å². The number of hydrogen-bond acceptors (Lipinski definition) is 3. The molecule has 106 valence electrons. The lowest BCUT2D eigenvalue weighted by Gasteiger charge is -2.24. The van der Waals surface area contributed by atoms with Crippen molar-refractivity contribution in [1.29, 1.82) is 0 Å². The zero-order valence-electron chi connectivity index (χ0n) is 11.5. The Morgan fingerprint density at radius 1 is 1.40 bits per heavy atom. The van der Waals surface area contributed by atoms with Crippen molar-refractivity contribution in [1.82, 2.24) is 5.32 Å². The maximum absolute atomic E-state index is 6.15. The lowest BCUT2D eigenvalue weighted by Crippen LogP contribution is -2.24. The predicted octanol–water partition coefficient (Wildman–Crippen LogP) is 4.58. The molecule has 0 amide bonds. The molecule has 2 aromatic rings. The molecule has 1 atom stereocenters. The first kappa shape index (κ1) is 13.9. The molecule has 2 nitrogen and oxygen atoms in total. The minimum atomic E-state index is 0.410. The third-order valence-corrected chi connectivity index (χ3v) is 5.15. The molecule has 1 N–H and O–H groups in total. The van der Waals surface area contributed by atoms with E-state index in [-0.39, 0.29) is 0 Å². The van der Waals surface area contributed by atoms with Gasteiger partial charge in [-0.3, -0.25) is 0 Å². The summed E-state index contributed by atoms with van der Waals surface area (Å²) in [6, 6.07) is 10.7. The summed E-state index contributed by atoms with van der Waals surface area (Å²) >= 11 is 7.88. The van der Waals surface area contributed by atoms with E-state index in [4.69, 9.17) is 16.3 Å². The largest absolute Gasteiger partial charge is 0.496 e. The molecule has 1 unspecified atom stereocenters. The Morgan fingerprint density at radius 3 is 3.10 bits per heavy atom. The monoisotopic (exact) mass is 307 g/mol. The summed E-state index contributed by atoms with van der Waals surface area (Å²) in [4.78, 5) is 1.44. The summed E-state index contributed by atoms with van der Waals surface area (Å²) in [7, 11) is 1.72. The van der Waals surface area contributed by atoms with Gasteiger partial charge in [-0.05, 0) is 37.0 Å². The molecule has 3 rings (SSSR count). The van der Waals surface area contributed by atoms with Crippen molar-refractivity contribution in [2.75, 3.05) is 7.11 Å². The Morgan fingerprint density at radius 2 is 2.25 bits per heavy atom. The Balaban J connectivity index is 1.73. The van der Waals surface area contributed by atoms with E-state index in [2.05, 4.69) is 17.4 Å². The number of methoxy groups -OCH3 is 1. The van der Waals surface area contributed by atoms with Crippen LogP contribution in [0.2, 0.25) is 4.34 Å². The van der Waals surface area contributed by atoms with Gasteiger partial charge in [0, 0.05) is 23.0 Å². The van der Waals surface area contributed by atoms with Crippen molar-refractivity contribution >= 4 is 22.9 Å². The molecule has 1 aromatic carbocycles. The third kappa shape index (κ3) is 2.85. The first-order valence-electron chi connectivity index (χ1n) is 6.91. The fourth-order valence-electron chi connectivity index (χ4n) is 2.82. The molecule has 1 heterocycles. The van der Waals surface area contributed by atoms with E-state index in [1.807, 2.05) is 18.2 Å². The van der Waals surface area contributed by atoms with E-state index in [0.717, 1.165) is 16.6 Å². The smallest absolute Gasteiger partial charge is 0.123 e. The van der Waals surface area contributed by atoms with E-state index >= 15 is 0 Å². The van der Waals surface area contributed by atoms with Crippen LogP contribution in [-0.4, -0.2) is 7.11 Å². The Bertz CT molecular complexity index is 596. The van der Waals surface area contributed by atoms with Gasteiger partial charge in [0.05, 0.1) is 11.4 Å². The number of aryl methyl sites for hydroxylation is 1. The van der Waals surface area contributed by atoms with Crippen LogP contribution in [0.4, 0.5) is 0 Å². The highest BCUT2D eigenvalue weighted by Gasteiger charge is 2.22. The quantitative estimate of drug-likeness (QED) is 0.893. The Hall–Kier alpha value is -1.03. The fraction of sp³-hybridized carbons (Fsp3) is 0.375. The number of benzene rings is 1. The zero-order valence-corrected chi connectivity index (χ0v) is 13.1. The number of thiophene rings is 1. The molecular weight excluding hydrogens is 290 g/mol. The summed E-state index contributed by atoms with van der Waals surface area (Å²) < 4.78 is 6.30. The molecule has 0 bridgehead atoms. The minimum Gasteiger partial charge on any atom is -0.496 e. The van der Waals surface area contributed by atoms with Gasteiger partial charge < -0.3 is 10.1 Å². The average Bonchev–Trinajstić information content (AvgIpc) is 2.86. The molecule has 0 spiro atoms. The minimum absolute atomic E-state index is 0.410. The second kappa shape index (κ2) is 6.17. The number of rotatable bonds is 4. The Kier molecular flexibility index (Phi) is 4.29. The van der Waals surface area contributed by atoms with Crippen LogP contribution in [0.25, 0.3) is 0 Å². The van der Waals surface area contributed by atoms with Gasteiger partial charge in [0.25, 0.3) is 0 Å². The first-order chi connectivity index (χ1) is 9.78. The zero-order chi connectivity index (χ0) is 13.9. The molecular formula is C16H18ClNOS. The number of ether oxygens (including phenoxy) is 1. The maximum Gasteiger partial charge on any atom is 0.123 e. The van der Waals surface area contributed by atoms with Crippen LogP contribution in [0, 0.1) is 0 Å². The summed E-state index contributed by atoms with van der Waals surface area (Å²) in [6.07, 6.45) is 3.57. The van der Waals surface area contributed by atoms with Gasteiger partial charge in [-0.1, -0.05) is 29.8 Å². The molecule has 0 aliphatic heterocycles. The van der Waals surface area contributed by atoms with Gasteiger partial charge in [0.1, 0.15) is 5.75 Å². The first-order valence-corrected chi connectivity index (χ1v) is 8.11. The molecule has 4 heteroatoms. The van der Waals surface area contributed by atoms with E-state index in [9.17, 15) is 0 Å². The summed E-state index contributed by atoms with van der Waals surface area (Å²) in [6.45, 7) is 0.821. The van der Waals surface area contributed by atoms with Crippen LogP contribution in [0.15, 0.2) is 30.3 Å². The van der Waals surface area contributed by atoms with Crippen molar-refractivity contribution in [3.63, 3.8) is 0 Å². The highest BCUT2D eigenvalue weighted by molar-refractivity contribution is 7.16. The van der Waals surface area contributed by atoms with Gasteiger partial charge in [-0.2, -0.15) is 0 Å². The van der Waals surface area contributed by atoms with Crippen LogP contribution in [0.1, 0.15) is 34.9 Å². The van der Waals surface area contributed by atoms with Crippen molar-refractivity contribution in [2.45, 2.75) is 31.8 Å². The van der Waals surface area contributed by atoms with Gasteiger partial charge in [-0.15, -0.1) is 11.3 Å². The second-order valence-corrected chi connectivity index (χ2v) is 6.83. The normalized spacial score (nSPS) is 17.8. The number of hydrogen-bond donors (Lipinski definition) is 1. The molecule has 0 saturated heterocycles. The topological polar surface area (TPSA) is 21.3 Å². The lowest BCUT2D eigenvalue weighted by molar-refractivity contribution is 0.401. The lowest BCUT2D eigenvalue weighted by atomic mass is 9.94. The third-order valence-electron chi connectivity index (χ3n) is 3.82. The molecule has 1 aliphatic rings. The fourth-order valence-corrected chi connectivity index (χ4v) is 4.20. The van der Waals surface area contributed by atoms with Crippen LogP contribution in [-0.2, 0) is 13.0 Å². The van der Waals surface area contributed by atoms with Crippen molar-refractivity contribution in [2.24, 2.45) is 0 Å². The van der Waals surface area contributed by atoms with Gasteiger partial charge >= 0.3 is 0 Å². The molecule has 0 fully saturated rings. The average molecular weight is 308 g/mol. The van der Waals surface area contributed by atoms with E-state index in [1.165, 1.54) is 35.3 Å². The van der Waals surface area contributed by atoms with Crippen LogP contribution in [0.5, 0.6) is 5.75 Å². The summed E-state index contributed by atoms with van der Waals surface area (Å²) in [5.74, 6) is 0.944. The second-order valence-electron chi connectivity index (χ2n) is 5.07. The maximum atomic E-state index is 6.15. The number of nitrogens with one attached hydrogen (secondary N) is 1. The number of para-hydroxylation sites is 1. The molecule has 0 saturated carbocycles. The van der Waals surface area contributed by atoms with E-state index < -0.39 is 0 Å². The Labute approximate surface area is 128 Å². The summed E-state index contributed by atoms with van der Waals surface area (Å²) in [5.41, 5.74) is 2.59. The van der Waals surface area contributed by atoms with Gasteiger partial charge in [0.2, 0.25) is 0 Å². The molecule has 1 aromatic heterocycles. The SMILES string of the molecule is COc1ccccc1CNC1CCCc2sc(Cl)cc21. The predicted molar refractivity (Wildman–Crippen MR) is 84.8 cm³/mol. The van der Waals surface area contributed by atoms with E-state index in [0.29, 0.717) is 6.04 Å². The molecule has 1 aliphatic carbocycles. The van der Waals surface area contributed by atoms with Crippen LogP contribution in [0.3, 0.4) is 0 Å². The summed E-state index contributed by atoms with van der Waals surface area (Å²) in [5, 5.41) is 3.65. The standard InChI is InChI=1S/C16H18ClNOS/c1-19-14-7-3-2-5-11(14)10-18-13-6-4-8-15-12(13)9-16(17)20-15/h2-3,5,7,9,13,18H,4,6,8,10H2,1H3. The highest BCUT2D eigenvalue weighted by atomic mass is 35.5. The van der Waals surface area contributed by atoms with Crippen molar-refractivity contribution in [3.8, 4) is 5.75 Å². The molecule has 20 heavy (non-hydrogen) atoms. The van der Waals surface area contributed by atoms with E-state index in [1.54, 1.807) is 18.4 Å². The number of halogens is 1. The van der Waals surface area contributed by atoms with Crippen LogP contribution < -0.4 is 10.1 Å².